The summed E-state index contributed by atoms with van der Waals surface area (Å²) < 4.78 is 3.35. The molecule has 0 bridgehead atoms. The van der Waals surface area contributed by atoms with Crippen LogP contribution in [0.2, 0.25) is 0 Å². The zero-order valence-corrected chi connectivity index (χ0v) is 16.3. The smallest absolute Gasteiger partial charge is 0.252 e. The second-order valence-electron chi connectivity index (χ2n) is 6.67. The molecule has 0 saturated carbocycles. The van der Waals surface area contributed by atoms with Crippen molar-refractivity contribution < 1.29 is 4.79 Å². The van der Waals surface area contributed by atoms with Gasteiger partial charge in [0, 0.05) is 6.54 Å². The van der Waals surface area contributed by atoms with Gasteiger partial charge in [0.05, 0.1) is 16.6 Å². The largest absolute Gasteiger partial charge is 0.317 e. The van der Waals surface area contributed by atoms with E-state index >= 15 is 0 Å². The number of hydrogen-bond acceptors (Lipinski definition) is 2. The maximum atomic E-state index is 12.6. The van der Waals surface area contributed by atoms with Crippen LogP contribution in [0.15, 0.2) is 35.3 Å². The number of carbonyl (C=O) groups is 1. The highest BCUT2D eigenvalue weighted by atomic mass is 32.1. The van der Waals surface area contributed by atoms with Crippen LogP contribution in [0.1, 0.15) is 34.7 Å². The van der Waals surface area contributed by atoms with Gasteiger partial charge in [0.1, 0.15) is 0 Å². The lowest BCUT2D eigenvalue weighted by Gasteiger charge is -2.05. The van der Waals surface area contributed by atoms with Gasteiger partial charge in [-0.1, -0.05) is 41.2 Å². The van der Waals surface area contributed by atoms with E-state index in [1.54, 1.807) is 11.3 Å². The molecule has 0 spiro atoms. The predicted octanol–water partition coefficient (Wildman–Crippen LogP) is 4.63. The van der Waals surface area contributed by atoms with Crippen LogP contribution < -0.4 is 4.80 Å². The third-order valence-corrected chi connectivity index (χ3v) is 5.73. The minimum atomic E-state index is -0.0863. The molecule has 3 aromatic rings. The Morgan fingerprint density at radius 2 is 1.80 bits per heavy atom. The Balaban J connectivity index is 2.04. The molecule has 0 aliphatic carbocycles. The molecular formula is C21H24N2OS. The van der Waals surface area contributed by atoms with Crippen LogP contribution in [0.4, 0.5) is 0 Å². The average molecular weight is 353 g/mol. The lowest BCUT2D eigenvalue weighted by Crippen LogP contribution is -2.16. The topological polar surface area (TPSA) is 34.4 Å². The van der Waals surface area contributed by atoms with Crippen LogP contribution in [0.3, 0.4) is 0 Å². The van der Waals surface area contributed by atoms with Gasteiger partial charge in [0.2, 0.25) is 0 Å². The summed E-state index contributed by atoms with van der Waals surface area (Å²) in [5.74, 6) is -0.0863. The molecule has 4 heteroatoms. The van der Waals surface area contributed by atoms with Crippen molar-refractivity contribution in [3.63, 3.8) is 0 Å². The Morgan fingerprint density at radius 1 is 1.04 bits per heavy atom. The molecule has 3 nitrogen and oxygen atoms in total. The van der Waals surface area contributed by atoms with Crippen LogP contribution >= 0.6 is 11.3 Å². The molecule has 0 aliphatic heterocycles. The quantitative estimate of drug-likeness (QED) is 0.677. The molecule has 0 aliphatic rings. The molecule has 3 rings (SSSR count). The van der Waals surface area contributed by atoms with Gasteiger partial charge in [0.25, 0.3) is 5.91 Å². The predicted molar refractivity (Wildman–Crippen MR) is 105 cm³/mol. The lowest BCUT2D eigenvalue weighted by molar-refractivity contribution is -0.117. The third kappa shape index (κ3) is 3.59. The minimum absolute atomic E-state index is 0.0863. The molecule has 0 saturated heterocycles. The third-order valence-electron chi connectivity index (χ3n) is 4.50. The van der Waals surface area contributed by atoms with Crippen molar-refractivity contribution in [1.29, 1.82) is 0 Å². The van der Waals surface area contributed by atoms with E-state index in [2.05, 4.69) is 60.7 Å². The van der Waals surface area contributed by atoms with Gasteiger partial charge in [-0.05, 0) is 62.9 Å². The molecule has 2 aromatic carbocycles. The zero-order valence-electron chi connectivity index (χ0n) is 15.5. The number of nitrogens with zero attached hydrogens (tertiary/aromatic N) is 2. The first kappa shape index (κ1) is 17.6. The number of rotatable bonds is 3. The van der Waals surface area contributed by atoms with E-state index in [0.29, 0.717) is 6.42 Å². The molecule has 130 valence electrons. The highest BCUT2D eigenvalue weighted by Gasteiger charge is 2.10. The van der Waals surface area contributed by atoms with Gasteiger partial charge in [-0.3, -0.25) is 4.79 Å². The maximum absolute atomic E-state index is 12.6. The van der Waals surface area contributed by atoms with E-state index < -0.39 is 0 Å². The Labute approximate surface area is 152 Å². The summed E-state index contributed by atoms with van der Waals surface area (Å²) in [5.41, 5.74) is 7.02. The maximum Gasteiger partial charge on any atom is 0.252 e. The molecule has 0 N–H and O–H groups in total. The number of thiazole rings is 1. The van der Waals surface area contributed by atoms with Crippen LogP contribution in [-0.2, 0) is 17.8 Å². The summed E-state index contributed by atoms with van der Waals surface area (Å²) in [6.45, 7) is 11.2. The summed E-state index contributed by atoms with van der Waals surface area (Å²) in [7, 11) is 0. The standard InChI is InChI=1S/C21H24N2OS/c1-6-23-18-11-14(3)9-16(5)20(18)25-21(23)22-19(24)12-17-10-13(2)7-8-15(17)4/h7-11H,6,12H2,1-5H3. The first-order valence-corrected chi connectivity index (χ1v) is 9.45. The van der Waals surface area contributed by atoms with Crippen LogP contribution in [0.25, 0.3) is 10.2 Å². The van der Waals surface area contributed by atoms with Crippen LogP contribution in [-0.4, -0.2) is 10.5 Å². The molecule has 25 heavy (non-hydrogen) atoms. The van der Waals surface area contributed by atoms with Crippen molar-refractivity contribution in [2.75, 3.05) is 0 Å². The van der Waals surface area contributed by atoms with Gasteiger partial charge in [-0.25, -0.2) is 0 Å². The van der Waals surface area contributed by atoms with Crippen molar-refractivity contribution in [1.82, 2.24) is 4.57 Å². The fourth-order valence-electron chi connectivity index (χ4n) is 3.20. The summed E-state index contributed by atoms with van der Waals surface area (Å²) in [6, 6.07) is 10.6. The number of benzene rings is 2. The second kappa shape index (κ2) is 6.96. The molecular weight excluding hydrogens is 328 g/mol. The van der Waals surface area contributed by atoms with Crippen molar-refractivity contribution >= 4 is 27.5 Å². The number of amides is 1. The van der Waals surface area contributed by atoms with Gasteiger partial charge in [-0.15, -0.1) is 0 Å². The minimum Gasteiger partial charge on any atom is -0.317 e. The molecule has 0 atom stereocenters. The zero-order chi connectivity index (χ0) is 18.1. The van der Waals surface area contributed by atoms with E-state index in [4.69, 9.17) is 0 Å². The Kier molecular flexibility index (Phi) is 4.91. The highest BCUT2D eigenvalue weighted by Crippen LogP contribution is 2.23. The highest BCUT2D eigenvalue weighted by molar-refractivity contribution is 7.16. The Hall–Kier alpha value is -2.20. The van der Waals surface area contributed by atoms with E-state index in [1.807, 2.05) is 13.8 Å². The van der Waals surface area contributed by atoms with Gasteiger partial charge < -0.3 is 4.57 Å². The van der Waals surface area contributed by atoms with Gasteiger partial charge in [-0.2, -0.15) is 4.99 Å². The van der Waals surface area contributed by atoms with Crippen LogP contribution in [0, 0.1) is 27.7 Å². The van der Waals surface area contributed by atoms with Crippen molar-refractivity contribution in [2.24, 2.45) is 4.99 Å². The second-order valence-corrected chi connectivity index (χ2v) is 7.65. The number of aromatic nitrogens is 1. The summed E-state index contributed by atoms with van der Waals surface area (Å²) in [6.07, 6.45) is 0.351. The molecule has 0 unspecified atom stereocenters. The number of aryl methyl sites for hydroxylation is 5. The molecule has 0 fully saturated rings. The van der Waals surface area contributed by atoms with Crippen molar-refractivity contribution in [3.8, 4) is 0 Å². The van der Waals surface area contributed by atoms with E-state index in [0.717, 1.165) is 22.5 Å². The molecule has 1 heterocycles. The fraction of sp³-hybridized carbons (Fsp3) is 0.333. The lowest BCUT2D eigenvalue weighted by atomic mass is 10.0. The number of fused-ring (bicyclic) bond motifs is 1. The van der Waals surface area contributed by atoms with E-state index in [-0.39, 0.29) is 5.91 Å². The summed E-state index contributed by atoms with van der Waals surface area (Å²) in [4.78, 5) is 17.8. The van der Waals surface area contributed by atoms with Crippen molar-refractivity contribution in [2.45, 2.75) is 47.6 Å². The number of hydrogen-bond donors (Lipinski definition) is 0. The van der Waals surface area contributed by atoms with E-state index in [1.165, 1.54) is 26.9 Å². The monoisotopic (exact) mass is 352 g/mol. The van der Waals surface area contributed by atoms with E-state index in [9.17, 15) is 4.79 Å². The first-order chi connectivity index (χ1) is 11.9. The van der Waals surface area contributed by atoms with Gasteiger partial charge in [0.15, 0.2) is 4.80 Å². The molecule has 1 aromatic heterocycles. The fourth-order valence-corrected chi connectivity index (χ4v) is 4.36. The molecule has 1 amide bonds. The molecule has 0 radical (unpaired) electrons. The Morgan fingerprint density at radius 3 is 2.52 bits per heavy atom. The SMILES string of the molecule is CCn1c(=NC(=O)Cc2cc(C)ccc2C)sc2c(C)cc(C)cc21. The average Bonchev–Trinajstić information content (AvgIpc) is 2.88. The normalized spacial score (nSPS) is 12.1. The number of carbonyl (C=O) groups excluding carboxylic acids is 1. The van der Waals surface area contributed by atoms with Crippen molar-refractivity contribution in [3.05, 3.63) is 63.0 Å². The van der Waals surface area contributed by atoms with Crippen LogP contribution in [0.5, 0.6) is 0 Å². The first-order valence-electron chi connectivity index (χ1n) is 8.63. The summed E-state index contributed by atoms with van der Waals surface area (Å²) in [5, 5.41) is 0. The summed E-state index contributed by atoms with van der Waals surface area (Å²) >= 11 is 1.61. The van der Waals surface area contributed by atoms with Gasteiger partial charge >= 0.3 is 0 Å². The Bertz CT molecular complexity index is 1020.